The van der Waals surface area contributed by atoms with Gasteiger partial charge in [0.1, 0.15) is 0 Å². The van der Waals surface area contributed by atoms with Gasteiger partial charge < -0.3 is 0 Å². The Labute approximate surface area is 94.6 Å². The summed E-state index contributed by atoms with van der Waals surface area (Å²) in [6.07, 6.45) is 2.63. The van der Waals surface area contributed by atoms with Crippen molar-refractivity contribution in [1.82, 2.24) is 9.80 Å². The van der Waals surface area contributed by atoms with E-state index >= 15 is 0 Å². The molecule has 0 aromatic carbocycles. The molecule has 3 unspecified atom stereocenters. The molecule has 0 N–H and O–H groups in total. The predicted molar refractivity (Wildman–Crippen MR) is 65.1 cm³/mol. The zero-order chi connectivity index (χ0) is 11.0. The normalized spacial score (nSPS) is 45.0. The van der Waals surface area contributed by atoms with Crippen LogP contribution >= 0.6 is 0 Å². The Hall–Kier alpha value is -0.0800. The number of fused-ring (bicyclic) bond motifs is 3. The summed E-state index contributed by atoms with van der Waals surface area (Å²) in [5.74, 6) is 0.802. The SMILES string of the molecule is CCC1CN2CC(CC)N1C(C(C)C)C2. The van der Waals surface area contributed by atoms with Crippen molar-refractivity contribution in [3.05, 3.63) is 0 Å². The summed E-state index contributed by atoms with van der Waals surface area (Å²) in [6, 6.07) is 2.46. The van der Waals surface area contributed by atoms with Gasteiger partial charge in [0.05, 0.1) is 0 Å². The van der Waals surface area contributed by atoms with Gasteiger partial charge >= 0.3 is 0 Å². The van der Waals surface area contributed by atoms with Gasteiger partial charge in [0.15, 0.2) is 0 Å². The average Bonchev–Trinajstić information content (AvgIpc) is 2.28. The van der Waals surface area contributed by atoms with E-state index in [0.717, 1.165) is 24.0 Å². The zero-order valence-corrected chi connectivity index (χ0v) is 10.7. The van der Waals surface area contributed by atoms with Gasteiger partial charge in [0.2, 0.25) is 0 Å². The van der Waals surface area contributed by atoms with Crippen molar-refractivity contribution in [2.75, 3.05) is 19.6 Å². The summed E-state index contributed by atoms with van der Waals surface area (Å²) in [5, 5.41) is 0. The maximum absolute atomic E-state index is 2.85. The molecule has 0 saturated carbocycles. The van der Waals surface area contributed by atoms with Crippen molar-refractivity contribution in [3.63, 3.8) is 0 Å². The van der Waals surface area contributed by atoms with E-state index in [9.17, 15) is 0 Å². The van der Waals surface area contributed by atoms with Crippen molar-refractivity contribution in [2.24, 2.45) is 5.92 Å². The number of hydrogen-bond donors (Lipinski definition) is 0. The number of piperazine rings is 3. The van der Waals surface area contributed by atoms with Gasteiger partial charge in [0.25, 0.3) is 0 Å². The Kier molecular flexibility index (Phi) is 3.36. The summed E-state index contributed by atoms with van der Waals surface area (Å²) >= 11 is 0. The predicted octanol–water partition coefficient (Wildman–Crippen LogP) is 2.20. The molecule has 0 spiro atoms. The molecule has 88 valence electrons. The highest BCUT2D eigenvalue weighted by atomic mass is 15.4. The molecular formula is C13H26N2. The number of hydrogen-bond acceptors (Lipinski definition) is 2. The van der Waals surface area contributed by atoms with Crippen LogP contribution < -0.4 is 0 Å². The molecule has 3 saturated heterocycles. The molecule has 0 amide bonds. The first-order chi connectivity index (χ1) is 7.17. The van der Waals surface area contributed by atoms with Crippen LogP contribution in [0.4, 0.5) is 0 Å². The first-order valence-electron chi connectivity index (χ1n) is 6.67. The Bertz CT molecular complexity index is 201. The maximum atomic E-state index is 2.85. The van der Waals surface area contributed by atoms with Gasteiger partial charge in [-0.1, -0.05) is 27.7 Å². The average molecular weight is 210 g/mol. The van der Waals surface area contributed by atoms with E-state index < -0.39 is 0 Å². The molecule has 3 atom stereocenters. The molecule has 2 nitrogen and oxygen atoms in total. The summed E-state index contributed by atoms with van der Waals surface area (Å²) in [4.78, 5) is 5.55. The van der Waals surface area contributed by atoms with E-state index in [1.807, 2.05) is 0 Å². The van der Waals surface area contributed by atoms with Gasteiger partial charge in [-0.3, -0.25) is 9.80 Å². The third kappa shape index (κ3) is 1.94. The van der Waals surface area contributed by atoms with E-state index in [-0.39, 0.29) is 0 Å². The summed E-state index contributed by atoms with van der Waals surface area (Å²) < 4.78 is 0. The Morgan fingerprint density at radius 3 is 1.93 bits per heavy atom. The highest BCUT2D eigenvalue weighted by Crippen LogP contribution is 2.32. The van der Waals surface area contributed by atoms with Gasteiger partial charge in [-0.05, 0) is 18.8 Å². The number of nitrogens with zero attached hydrogens (tertiary/aromatic N) is 2. The molecule has 3 heterocycles. The van der Waals surface area contributed by atoms with Crippen molar-refractivity contribution in [1.29, 1.82) is 0 Å². The third-order valence-electron chi connectivity index (χ3n) is 4.32. The largest absolute Gasteiger partial charge is 0.299 e. The lowest BCUT2D eigenvalue weighted by molar-refractivity contribution is -0.0900. The lowest BCUT2D eigenvalue weighted by Gasteiger charge is -2.58. The van der Waals surface area contributed by atoms with E-state index in [2.05, 4.69) is 37.5 Å². The van der Waals surface area contributed by atoms with Crippen LogP contribution in [-0.4, -0.2) is 47.6 Å². The molecule has 2 heteroatoms. The third-order valence-corrected chi connectivity index (χ3v) is 4.32. The summed E-state index contributed by atoms with van der Waals surface area (Å²) in [6.45, 7) is 13.4. The first-order valence-corrected chi connectivity index (χ1v) is 6.67. The topological polar surface area (TPSA) is 6.48 Å². The fourth-order valence-electron chi connectivity index (χ4n) is 3.44. The lowest BCUT2D eigenvalue weighted by Crippen LogP contribution is -2.70. The second-order valence-electron chi connectivity index (χ2n) is 5.60. The molecular weight excluding hydrogens is 184 g/mol. The molecule has 0 aliphatic carbocycles. The smallest absolute Gasteiger partial charge is 0.0253 e. The van der Waals surface area contributed by atoms with E-state index in [0.29, 0.717) is 0 Å². The van der Waals surface area contributed by atoms with Crippen LogP contribution in [0, 0.1) is 5.92 Å². The van der Waals surface area contributed by atoms with Crippen molar-refractivity contribution in [3.8, 4) is 0 Å². The Balaban J connectivity index is 2.17. The molecule has 0 aromatic heterocycles. The van der Waals surface area contributed by atoms with E-state index in [4.69, 9.17) is 0 Å². The fraction of sp³-hybridized carbons (Fsp3) is 1.00. The first kappa shape index (κ1) is 11.4. The molecule has 0 radical (unpaired) electrons. The van der Waals surface area contributed by atoms with Crippen LogP contribution in [0.15, 0.2) is 0 Å². The summed E-state index contributed by atoms with van der Waals surface area (Å²) in [7, 11) is 0. The highest BCUT2D eigenvalue weighted by molar-refractivity contribution is 4.99. The van der Waals surface area contributed by atoms with Crippen LogP contribution in [0.2, 0.25) is 0 Å². The second kappa shape index (κ2) is 4.42. The van der Waals surface area contributed by atoms with Crippen LogP contribution in [-0.2, 0) is 0 Å². The minimum atomic E-state index is 0.802. The zero-order valence-electron chi connectivity index (χ0n) is 10.7. The fourth-order valence-corrected chi connectivity index (χ4v) is 3.44. The number of rotatable bonds is 3. The van der Waals surface area contributed by atoms with Crippen molar-refractivity contribution < 1.29 is 0 Å². The Morgan fingerprint density at radius 2 is 1.53 bits per heavy atom. The van der Waals surface area contributed by atoms with Crippen LogP contribution in [0.5, 0.6) is 0 Å². The van der Waals surface area contributed by atoms with Gasteiger partial charge in [-0.25, -0.2) is 0 Å². The highest BCUT2D eigenvalue weighted by Gasteiger charge is 2.43. The molecule has 0 aromatic rings. The lowest BCUT2D eigenvalue weighted by atomic mass is 9.88. The monoisotopic (exact) mass is 210 g/mol. The molecule has 3 aliphatic rings. The van der Waals surface area contributed by atoms with Gasteiger partial charge in [0, 0.05) is 37.8 Å². The maximum Gasteiger partial charge on any atom is 0.0253 e. The second-order valence-corrected chi connectivity index (χ2v) is 5.60. The van der Waals surface area contributed by atoms with Crippen molar-refractivity contribution in [2.45, 2.75) is 58.7 Å². The van der Waals surface area contributed by atoms with Crippen molar-refractivity contribution >= 4 is 0 Å². The minimum Gasteiger partial charge on any atom is -0.299 e. The molecule has 3 aliphatic heterocycles. The standard InChI is InChI=1S/C13H26N2/c1-5-11-7-14-8-12(6-2)15(11)13(9-14)10(3)4/h10-13H,5-9H2,1-4H3. The molecule has 2 bridgehead atoms. The van der Waals surface area contributed by atoms with Crippen LogP contribution in [0.1, 0.15) is 40.5 Å². The minimum absolute atomic E-state index is 0.802. The van der Waals surface area contributed by atoms with E-state index in [1.165, 1.54) is 32.5 Å². The van der Waals surface area contributed by atoms with Gasteiger partial charge in [-0.2, -0.15) is 0 Å². The molecule has 3 rings (SSSR count). The van der Waals surface area contributed by atoms with E-state index in [1.54, 1.807) is 0 Å². The quantitative estimate of drug-likeness (QED) is 0.704. The van der Waals surface area contributed by atoms with Gasteiger partial charge in [-0.15, -0.1) is 0 Å². The Morgan fingerprint density at radius 1 is 1.00 bits per heavy atom. The summed E-state index contributed by atoms with van der Waals surface area (Å²) in [5.41, 5.74) is 0. The van der Waals surface area contributed by atoms with Crippen LogP contribution in [0.25, 0.3) is 0 Å². The molecule has 15 heavy (non-hydrogen) atoms. The molecule has 3 fully saturated rings. The van der Waals surface area contributed by atoms with Crippen LogP contribution in [0.3, 0.4) is 0 Å².